The number of carbonyl (C=O) groups is 1. The predicted octanol–water partition coefficient (Wildman–Crippen LogP) is 5.34. The lowest BCUT2D eigenvalue weighted by Gasteiger charge is -2.58. The highest BCUT2D eigenvalue weighted by Crippen LogP contribution is 2.54. The van der Waals surface area contributed by atoms with Crippen LogP contribution >= 0.6 is 0 Å². The van der Waals surface area contributed by atoms with E-state index in [1.807, 2.05) is 0 Å². The maximum absolute atomic E-state index is 14.0. The third-order valence-corrected chi connectivity index (χ3v) is 6.70. The first-order valence-corrected chi connectivity index (χ1v) is 10.7. The molecule has 0 unspecified atom stereocenters. The summed E-state index contributed by atoms with van der Waals surface area (Å²) in [5.41, 5.74) is -1.18. The van der Waals surface area contributed by atoms with Gasteiger partial charge in [0.1, 0.15) is 28.6 Å². The number of hydrogen-bond donors (Lipinski definition) is 1. The minimum Gasteiger partial charge on any atom is -0.508 e. The molecule has 1 aromatic heterocycles. The van der Waals surface area contributed by atoms with Crippen LogP contribution in [-0.4, -0.2) is 38.8 Å². The highest BCUT2D eigenvalue weighted by Gasteiger charge is 2.55. The summed E-state index contributed by atoms with van der Waals surface area (Å²) in [6.45, 7) is 2.19. The molecule has 5 nitrogen and oxygen atoms in total. The first-order valence-electron chi connectivity index (χ1n) is 10.7. The molecule has 178 valence electrons. The van der Waals surface area contributed by atoms with Gasteiger partial charge in [-0.3, -0.25) is 9.48 Å². The molecule has 3 aromatic rings. The summed E-state index contributed by atoms with van der Waals surface area (Å²) in [4.78, 5) is 14.0. The lowest BCUT2D eigenvalue weighted by atomic mass is 9.60. The van der Waals surface area contributed by atoms with Crippen molar-refractivity contribution in [3.8, 4) is 17.0 Å². The van der Waals surface area contributed by atoms with Gasteiger partial charge < -0.3 is 10.0 Å². The largest absolute Gasteiger partial charge is 0.508 e. The van der Waals surface area contributed by atoms with E-state index in [1.165, 1.54) is 28.6 Å². The maximum Gasteiger partial charge on any atom is 0.420 e. The van der Waals surface area contributed by atoms with Crippen molar-refractivity contribution in [1.29, 1.82) is 0 Å². The SMILES string of the molecule is Cc1cc(-c2nn(C3CC4(C3)CN(C(=O)c3cc(O)ccc3F)C4)cc2C(F)(F)F)ccc1F. The number of phenols is 1. The standard InChI is InChI=1S/C24H20F5N3O2/c1-13-6-14(2-4-19(13)25)21-18(24(27,28)29)10-32(30-21)15-8-23(9-15)11-31(12-23)22(34)17-7-16(33)3-5-20(17)26/h2-7,10,15,33H,8-9,11-12H2,1H3. The van der Waals surface area contributed by atoms with E-state index in [1.54, 1.807) is 0 Å². The maximum atomic E-state index is 14.0. The molecule has 5 rings (SSSR count). The molecule has 1 spiro atoms. The number of aromatic hydroxyl groups is 1. The van der Waals surface area contributed by atoms with Crippen molar-refractivity contribution in [3.05, 3.63) is 70.9 Å². The zero-order chi connectivity index (χ0) is 24.4. The number of halogens is 5. The van der Waals surface area contributed by atoms with Gasteiger partial charge in [-0.25, -0.2) is 8.78 Å². The number of nitrogens with zero attached hydrogens (tertiary/aromatic N) is 3. The van der Waals surface area contributed by atoms with Crippen molar-refractivity contribution in [2.75, 3.05) is 13.1 Å². The number of amides is 1. The number of aryl methyl sites for hydroxylation is 1. The molecule has 1 saturated carbocycles. The molecule has 2 aliphatic rings. The quantitative estimate of drug-likeness (QED) is 0.519. The molecule has 1 aliphatic carbocycles. The molecule has 2 heterocycles. The van der Waals surface area contributed by atoms with Crippen LogP contribution in [0.1, 0.15) is 40.4 Å². The Morgan fingerprint density at radius 1 is 1.09 bits per heavy atom. The summed E-state index contributed by atoms with van der Waals surface area (Å²) in [6.07, 6.45) is -2.59. The zero-order valence-corrected chi connectivity index (χ0v) is 18.0. The average molecular weight is 477 g/mol. The Balaban J connectivity index is 1.31. The Bertz CT molecular complexity index is 1290. The number of rotatable bonds is 3. The monoisotopic (exact) mass is 477 g/mol. The molecular weight excluding hydrogens is 457 g/mol. The summed E-state index contributed by atoms with van der Waals surface area (Å²) < 4.78 is 69.9. The minimum absolute atomic E-state index is 0.188. The van der Waals surface area contributed by atoms with Crippen molar-refractivity contribution in [2.45, 2.75) is 32.0 Å². The van der Waals surface area contributed by atoms with Crippen molar-refractivity contribution < 1.29 is 31.9 Å². The van der Waals surface area contributed by atoms with Crippen molar-refractivity contribution in [2.24, 2.45) is 5.41 Å². The molecule has 1 aliphatic heterocycles. The van der Waals surface area contributed by atoms with E-state index >= 15 is 0 Å². The third-order valence-electron chi connectivity index (χ3n) is 6.70. The third kappa shape index (κ3) is 3.70. The first kappa shape index (κ1) is 22.4. The van der Waals surface area contributed by atoms with Gasteiger partial charge in [0.05, 0.1) is 11.6 Å². The summed E-state index contributed by atoms with van der Waals surface area (Å²) in [5.74, 6) is -1.98. The van der Waals surface area contributed by atoms with Crippen LogP contribution in [0.2, 0.25) is 0 Å². The lowest BCUT2D eigenvalue weighted by molar-refractivity contribution is -0.137. The normalized spacial score (nSPS) is 17.5. The van der Waals surface area contributed by atoms with E-state index in [-0.39, 0.29) is 39.6 Å². The number of alkyl halides is 3. The van der Waals surface area contributed by atoms with Gasteiger partial charge in [0, 0.05) is 30.3 Å². The summed E-state index contributed by atoms with van der Waals surface area (Å²) in [6, 6.07) is 6.73. The van der Waals surface area contributed by atoms with Gasteiger partial charge in [0.25, 0.3) is 5.91 Å². The van der Waals surface area contributed by atoms with E-state index in [9.17, 15) is 31.9 Å². The molecular formula is C24H20F5N3O2. The summed E-state index contributed by atoms with van der Waals surface area (Å²) in [7, 11) is 0. The van der Waals surface area contributed by atoms with E-state index in [0.29, 0.717) is 25.9 Å². The molecule has 1 N–H and O–H groups in total. The number of benzene rings is 2. The van der Waals surface area contributed by atoms with E-state index < -0.39 is 29.3 Å². The Morgan fingerprint density at radius 3 is 2.41 bits per heavy atom. The molecule has 1 saturated heterocycles. The number of carbonyl (C=O) groups excluding carboxylic acids is 1. The van der Waals surface area contributed by atoms with Crippen molar-refractivity contribution in [3.63, 3.8) is 0 Å². The second-order valence-corrected chi connectivity index (χ2v) is 9.22. The molecule has 1 amide bonds. The summed E-state index contributed by atoms with van der Waals surface area (Å²) >= 11 is 0. The van der Waals surface area contributed by atoms with Crippen LogP contribution in [0, 0.1) is 24.0 Å². The van der Waals surface area contributed by atoms with Crippen LogP contribution in [0.3, 0.4) is 0 Å². The molecule has 0 atom stereocenters. The fourth-order valence-corrected chi connectivity index (χ4v) is 4.93. The van der Waals surface area contributed by atoms with Crippen LogP contribution in [0.5, 0.6) is 5.75 Å². The number of likely N-dealkylation sites (tertiary alicyclic amines) is 1. The number of phenolic OH excluding ortho intramolecular Hbond substituents is 1. The van der Waals surface area contributed by atoms with Crippen molar-refractivity contribution in [1.82, 2.24) is 14.7 Å². The van der Waals surface area contributed by atoms with E-state index in [2.05, 4.69) is 5.10 Å². The average Bonchev–Trinajstić information content (AvgIpc) is 3.15. The van der Waals surface area contributed by atoms with Crippen LogP contribution in [0.25, 0.3) is 11.3 Å². The van der Waals surface area contributed by atoms with E-state index in [0.717, 1.165) is 30.5 Å². The lowest BCUT2D eigenvalue weighted by Crippen LogP contribution is -2.63. The number of aromatic nitrogens is 2. The van der Waals surface area contributed by atoms with Crippen LogP contribution < -0.4 is 0 Å². The smallest absolute Gasteiger partial charge is 0.420 e. The second-order valence-electron chi connectivity index (χ2n) is 9.22. The Hall–Kier alpha value is -3.43. The Labute approximate surface area is 191 Å². The van der Waals surface area contributed by atoms with Gasteiger partial charge in [0.2, 0.25) is 0 Å². The fourth-order valence-electron chi connectivity index (χ4n) is 4.93. The molecule has 0 radical (unpaired) electrons. The van der Waals surface area contributed by atoms with E-state index in [4.69, 9.17) is 0 Å². The van der Waals surface area contributed by atoms with Gasteiger partial charge in [-0.05, 0) is 61.7 Å². The molecule has 0 bridgehead atoms. The highest BCUT2D eigenvalue weighted by molar-refractivity contribution is 5.95. The van der Waals surface area contributed by atoms with Gasteiger partial charge >= 0.3 is 6.18 Å². The molecule has 34 heavy (non-hydrogen) atoms. The van der Waals surface area contributed by atoms with Crippen molar-refractivity contribution >= 4 is 5.91 Å². The van der Waals surface area contributed by atoms with Gasteiger partial charge in [-0.15, -0.1) is 0 Å². The minimum atomic E-state index is -4.62. The van der Waals surface area contributed by atoms with Gasteiger partial charge in [-0.1, -0.05) is 0 Å². The van der Waals surface area contributed by atoms with Crippen LogP contribution in [0.4, 0.5) is 22.0 Å². The summed E-state index contributed by atoms with van der Waals surface area (Å²) in [5, 5.41) is 13.7. The van der Waals surface area contributed by atoms with Crippen LogP contribution in [-0.2, 0) is 6.18 Å². The predicted molar refractivity (Wildman–Crippen MR) is 112 cm³/mol. The second kappa shape index (κ2) is 7.54. The molecule has 2 aromatic carbocycles. The highest BCUT2D eigenvalue weighted by atomic mass is 19.4. The fraction of sp³-hybridized carbons (Fsp3) is 0.333. The zero-order valence-electron chi connectivity index (χ0n) is 18.0. The van der Waals surface area contributed by atoms with Gasteiger partial charge in [-0.2, -0.15) is 18.3 Å². The molecule has 10 heteroatoms. The topological polar surface area (TPSA) is 58.4 Å². The van der Waals surface area contributed by atoms with Crippen LogP contribution in [0.15, 0.2) is 42.6 Å². The molecule has 2 fully saturated rings. The first-order chi connectivity index (χ1) is 16.0. The van der Waals surface area contributed by atoms with Gasteiger partial charge in [0.15, 0.2) is 0 Å². The Morgan fingerprint density at radius 2 is 1.76 bits per heavy atom. The Kier molecular flexibility index (Phi) is 4.96. The number of hydrogen-bond acceptors (Lipinski definition) is 3.